The fourth-order valence-corrected chi connectivity index (χ4v) is 1.89. The molecule has 0 aromatic carbocycles. The second-order valence-corrected chi connectivity index (χ2v) is 5.53. The molecule has 0 bridgehead atoms. The van der Waals surface area contributed by atoms with Crippen LogP contribution in [0.25, 0.3) is 0 Å². The predicted octanol–water partition coefficient (Wildman–Crippen LogP) is 2.12. The minimum Gasteiger partial charge on any atom is -0.460 e. The van der Waals surface area contributed by atoms with Crippen LogP contribution in [0, 0.1) is 0 Å². The highest BCUT2D eigenvalue weighted by atomic mass is 16.6. The van der Waals surface area contributed by atoms with Gasteiger partial charge in [-0.1, -0.05) is 6.42 Å². The van der Waals surface area contributed by atoms with E-state index in [2.05, 4.69) is 0 Å². The number of ether oxygens (including phenoxy) is 1. The molecular formula is C13H23NO3. The molecule has 0 saturated carbocycles. The number of rotatable bonds is 3. The number of nitrogens with zero attached hydrogens (tertiary/aromatic N) is 1. The molecule has 4 heteroatoms. The van der Waals surface area contributed by atoms with E-state index < -0.39 is 5.60 Å². The van der Waals surface area contributed by atoms with E-state index in [1.54, 1.807) is 4.90 Å². The average Bonchev–Trinajstić information content (AvgIpc) is 2.37. The molecule has 1 rings (SSSR count). The average molecular weight is 241 g/mol. The number of carbonyl (C=O) groups excluding carboxylic acids is 2. The largest absolute Gasteiger partial charge is 0.460 e. The predicted molar refractivity (Wildman–Crippen MR) is 65.5 cm³/mol. The number of amides is 1. The van der Waals surface area contributed by atoms with Crippen molar-refractivity contribution in [2.75, 3.05) is 13.1 Å². The molecule has 0 unspecified atom stereocenters. The molecule has 4 nitrogen and oxygen atoms in total. The lowest BCUT2D eigenvalue weighted by Crippen LogP contribution is -2.33. The number of esters is 1. The molecule has 17 heavy (non-hydrogen) atoms. The maximum Gasteiger partial charge on any atom is 0.308 e. The topological polar surface area (TPSA) is 46.6 Å². The number of hydrogen-bond acceptors (Lipinski definition) is 3. The van der Waals surface area contributed by atoms with Gasteiger partial charge in [0.2, 0.25) is 5.91 Å². The van der Waals surface area contributed by atoms with Crippen molar-refractivity contribution < 1.29 is 14.3 Å². The molecule has 0 radical (unpaired) electrons. The van der Waals surface area contributed by atoms with Crippen LogP contribution < -0.4 is 0 Å². The van der Waals surface area contributed by atoms with Gasteiger partial charge in [0, 0.05) is 19.5 Å². The minimum absolute atomic E-state index is 0.172. The molecule has 0 N–H and O–H groups in total. The molecule has 0 spiro atoms. The molecule has 1 heterocycles. The van der Waals surface area contributed by atoms with Gasteiger partial charge in [-0.25, -0.2) is 0 Å². The van der Waals surface area contributed by atoms with Gasteiger partial charge in [0.05, 0.1) is 6.42 Å². The van der Waals surface area contributed by atoms with E-state index in [0.717, 1.165) is 25.8 Å². The van der Waals surface area contributed by atoms with Gasteiger partial charge in [0.1, 0.15) is 5.60 Å². The van der Waals surface area contributed by atoms with Gasteiger partial charge in [-0.3, -0.25) is 9.59 Å². The van der Waals surface area contributed by atoms with Crippen molar-refractivity contribution in [3.63, 3.8) is 0 Å². The van der Waals surface area contributed by atoms with Crippen LogP contribution >= 0.6 is 0 Å². The van der Waals surface area contributed by atoms with Crippen LogP contribution in [0.2, 0.25) is 0 Å². The molecule has 1 fully saturated rings. The van der Waals surface area contributed by atoms with Crippen LogP contribution in [0.4, 0.5) is 0 Å². The van der Waals surface area contributed by atoms with E-state index in [1.165, 1.54) is 0 Å². The Balaban J connectivity index is 2.33. The van der Waals surface area contributed by atoms with Crippen molar-refractivity contribution in [1.82, 2.24) is 4.90 Å². The van der Waals surface area contributed by atoms with Gasteiger partial charge < -0.3 is 9.64 Å². The van der Waals surface area contributed by atoms with Crippen molar-refractivity contribution in [2.24, 2.45) is 0 Å². The highest BCUT2D eigenvalue weighted by Gasteiger charge is 2.20. The summed E-state index contributed by atoms with van der Waals surface area (Å²) in [7, 11) is 0. The van der Waals surface area contributed by atoms with Crippen LogP contribution in [0.5, 0.6) is 0 Å². The number of carbonyl (C=O) groups is 2. The maximum absolute atomic E-state index is 11.7. The quantitative estimate of drug-likeness (QED) is 0.711. The zero-order chi connectivity index (χ0) is 12.9. The van der Waals surface area contributed by atoms with Crippen molar-refractivity contribution >= 4 is 11.9 Å². The first-order chi connectivity index (χ1) is 7.88. The molecule has 0 atom stereocenters. The Morgan fingerprint density at radius 1 is 1.29 bits per heavy atom. The van der Waals surface area contributed by atoms with Gasteiger partial charge >= 0.3 is 5.97 Å². The smallest absolute Gasteiger partial charge is 0.308 e. The van der Waals surface area contributed by atoms with Crippen LogP contribution in [0.1, 0.15) is 52.9 Å². The lowest BCUT2D eigenvalue weighted by atomic mass is 10.2. The summed E-state index contributed by atoms with van der Waals surface area (Å²) in [6.45, 7) is 6.82. The zero-order valence-corrected chi connectivity index (χ0v) is 11.1. The summed E-state index contributed by atoms with van der Waals surface area (Å²) in [6, 6.07) is 0. The fourth-order valence-electron chi connectivity index (χ4n) is 1.89. The van der Waals surface area contributed by atoms with Crippen LogP contribution in [0.15, 0.2) is 0 Å². The minimum atomic E-state index is -0.445. The summed E-state index contributed by atoms with van der Waals surface area (Å²) in [5, 5.41) is 0. The Labute approximate surface area is 103 Å². The Morgan fingerprint density at radius 3 is 2.65 bits per heavy atom. The molecular weight excluding hydrogens is 218 g/mol. The second kappa shape index (κ2) is 6.03. The standard InChI is InChI=1S/C13H23NO3/c1-13(2,3)17-12(16)8-10-14-9-6-4-5-7-11(14)15/h4-10H2,1-3H3. The van der Waals surface area contributed by atoms with Crippen molar-refractivity contribution in [1.29, 1.82) is 0 Å². The molecule has 98 valence electrons. The van der Waals surface area contributed by atoms with Crippen LogP contribution in [-0.4, -0.2) is 35.5 Å². The van der Waals surface area contributed by atoms with Gasteiger partial charge in [0.15, 0.2) is 0 Å². The van der Waals surface area contributed by atoms with E-state index in [1.807, 2.05) is 20.8 Å². The van der Waals surface area contributed by atoms with Gasteiger partial charge in [-0.15, -0.1) is 0 Å². The highest BCUT2D eigenvalue weighted by Crippen LogP contribution is 2.13. The third kappa shape index (κ3) is 5.71. The monoisotopic (exact) mass is 241 g/mol. The third-order valence-corrected chi connectivity index (χ3v) is 2.68. The summed E-state index contributed by atoms with van der Waals surface area (Å²) < 4.78 is 5.22. The van der Waals surface area contributed by atoms with Crippen molar-refractivity contribution in [2.45, 2.75) is 58.5 Å². The van der Waals surface area contributed by atoms with E-state index in [0.29, 0.717) is 19.4 Å². The highest BCUT2D eigenvalue weighted by molar-refractivity contribution is 5.77. The first-order valence-electron chi connectivity index (χ1n) is 6.38. The van der Waals surface area contributed by atoms with Crippen molar-refractivity contribution in [3.8, 4) is 0 Å². The van der Waals surface area contributed by atoms with Crippen LogP contribution in [0.3, 0.4) is 0 Å². The molecule has 0 aromatic rings. The maximum atomic E-state index is 11.7. The summed E-state index contributed by atoms with van der Waals surface area (Å²) in [5.74, 6) is -0.0550. The molecule has 1 aliphatic heterocycles. The first kappa shape index (κ1) is 14.0. The van der Waals surface area contributed by atoms with E-state index in [4.69, 9.17) is 4.74 Å². The fraction of sp³-hybridized carbons (Fsp3) is 0.846. The second-order valence-electron chi connectivity index (χ2n) is 5.53. The number of hydrogen-bond donors (Lipinski definition) is 0. The van der Waals surface area contributed by atoms with E-state index in [-0.39, 0.29) is 11.9 Å². The summed E-state index contributed by atoms with van der Waals surface area (Å²) in [4.78, 5) is 25.0. The van der Waals surface area contributed by atoms with Gasteiger partial charge in [0.25, 0.3) is 0 Å². The molecule has 0 aromatic heterocycles. The van der Waals surface area contributed by atoms with E-state index >= 15 is 0 Å². The summed E-state index contributed by atoms with van der Waals surface area (Å²) in [6.07, 6.45) is 4.04. The molecule has 1 aliphatic rings. The Morgan fingerprint density at radius 2 is 2.00 bits per heavy atom. The lowest BCUT2D eigenvalue weighted by Gasteiger charge is -2.22. The normalized spacial score (nSPS) is 17.8. The van der Waals surface area contributed by atoms with Gasteiger partial charge in [-0.05, 0) is 33.6 Å². The third-order valence-electron chi connectivity index (χ3n) is 2.68. The Kier molecular flexibility index (Phi) is 4.97. The molecule has 0 aliphatic carbocycles. The number of likely N-dealkylation sites (tertiary alicyclic amines) is 1. The molecule has 1 amide bonds. The molecule has 1 saturated heterocycles. The lowest BCUT2D eigenvalue weighted by molar-refractivity contribution is -0.155. The zero-order valence-electron chi connectivity index (χ0n) is 11.1. The summed E-state index contributed by atoms with van der Waals surface area (Å²) in [5.41, 5.74) is -0.445. The van der Waals surface area contributed by atoms with Crippen LogP contribution in [-0.2, 0) is 14.3 Å². The Hall–Kier alpha value is -1.06. The van der Waals surface area contributed by atoms with E-state index in [9.17, 15) is 9.59 Å². The van der Waals surface area contributed by atoms with Gasteiger partial charge in [-0.2, -0.15) is 0 Å². The summed E-state index contributed by atoms with van der Waals surface area (Å²) >= 11 is 0. The first-order valence-corrected chi connectivity index (χ1v) is 6.38. The Bertz CT molecular complexity index is 281. The SMILES string of the molecule is CC(C)(C)OC(=O)CCN1CCCCCC1=O. The van der Waals surface area contributed by atoms with Crippen molar-refractivity contribution in [3.05, 3.63) is 0 Å².